The van der Waals surface area contributed by atoms with Crippen LogP contribution in [0.25, 0.3) is 33.7 Å². The van der Waals surface area contributed by atoms with Crippen molar-refractivity contribution in [2.24, 2.45) is 5.92 Å². The van der Waals surface area contributed by atoms with Gasteiger partial charge >= 0.3 is 0 Å². The number of carbonyl (C=O) groups is 2. The highest BCUT2D eigenvalue weighted by Gasteiger charge is 2.33. The molecule has 0 bridgehead atoms. The van der Waals surface area contributed by atoms with Crippen LogP contribution >= 0.6 is 0 Å². The summed E-state index contributed by atoms with van der Waals surface area (Å²) in [5.74, 6) is 0.740. The molecule has 0 radical (unpaired) electrons. The second kappa shape index (κ2) is 12.6. The molecule has 7 rings (SSSR count). The number of hydrogen-bond donors (Lipinski definition) is 2. The van der Waals surface area contributed by atoms with Gasteiger partial charge in [-0.3, -0.25) is 19.6 Å². The predicted octanol–water partition coefficient (Wildman–Crippen LogP) is 3.61. The van der Waals surface area contributed by atoms with Gasteiger partial charge in [0.2, 0.25) is 11.8 Å². The molecular formula is C33H33FN10O2. The maximum absolute atomic E-state index is 13.4. The van der Waals surface area contributed by atoms with Crippen molar-refractivity contribution in [2.75, 3.05) is 49.5 Å². The van der Waals surface area contributed by atoms with Crippen LogP contribution in [0.2, 0.25) is 0 Å². The summed E-state index contributed by atoms with van der Waals surface area (Å²) in [6.07, 6.45) is 7.42. The number of H-pyrrole nitrogens is 1. The Morgan fingerprint density at radius 3 is 2.57 bits per heavy atom. The number of nitrogens with one attached hydrogen (secondary N) is 2. The lowest BCUT2D eigenvalue weighted by Gasteiger charge is -2.40. The molecule has 2 aliphatic heterocycles. The van der Waals surface area contributed by atoms with E-state index in [0.29, 0.717) is 62.0 Å². The molecule has 2 amide bonds. The molecule has 2 fully saturated rings. The molecule has 2 N–H and O–H groups in total. The van der Waals surface area contributed by atoms with Gasteiger partial charge in [-0.2, -0.15) is 5.10 Å². The maximum atomic E-state index is 13.4. The van der Waals surface area contributed by atoms with Crippen molar-refractivity contribution in [3.05, 3.63) is 79.1 Å². The van der Waals surface area contributed by atoms with Crippen LogP contribution < -0.4 is 10.2 Å². The van der Waals surface area contributed by atoms with Gasteiger partial charge in [-0.25, -0.2) is 24.3 Å². The van der Waals surface area contributed by atoms with E-state index in [-0.39, 0.29) is 36.1 Å². The molecule has 0 spiro atoms. The van der Waals surface area contributed by atoms with Crippen molar-refractivity contribution >= 4 is 34.2 Å². The Morgan fingerprint density at radius 1 is 0.978 bits per heavy atom. The summed E-state index contributed by atoms with van der Waals surface area (Å²) in [4.78, 5) is 50.2. The third-order valence-electron chi connectivity index (χ3n) is 8.65. The topological polar surface area (TPSA) is 136 Å². The van der Waals surface area contributed by atoms with Gasteiger partial charge in [0.1, 0.15) is 17.3 Å². The van der Waals surface area contributed by atoms with E-state index in [2.05, 4.69) is 45.2 Å². The molecule has 5 aromatic rings. The zero-order valence-electron chi connectivity index (χ0n) is 25.3. The first-order chi connectivity index (χ1) is 22.4. The molecule has 2 saturated heterocycles. The minimum absolute atomic E-state index is 0.000444. The van der Waals surface area contributed by atoms with E-state index in [1.165, 1.54) is 12.1 Å². The molecule has 13 heteroatoms. The molecule has 3 aromatic heterocycles. The quantitative estimate of drug-likeness (QED) is 0.280. The van der Waals surface area contributed by atoms with Gasteiger partial charge in [0.15, 0.2) is 5.82 Å². The van der Waals surface area contributed by atoms with Crippen LogP contribution in [-0.2, 0) is 9.59 Å². The molecule has 0 unspecified atom stereocenters. The largest absolute Gasteiger partial charge is 0.352 e. The van der Waals surface area contributed by atoms with Gasteiger partial charge < -0.3 is 15.1 Å². The number of benzene rings is 2. The Balaban J connectivity index is 0.917. The average Bonchev–Trinajstić information content (AvgIpc) is 3.73. The number of aromatic nitrogens is 6. The first-order valence-corrected chi connectivity index (χ1v) is 15.3. The van der Waals surface area contributed by atoms with Crippen molar-refractivity contribution in [3.63, 3.8) is 0 Å². The van der Waals surface area contributed by atoms with E-state index in [0.717, 1.165) is 22.3 Å². The summed E-state index contributed by atoms with van der Waals surface area (Å²) in [7, 11) is 0. The molecule has 0 saturated carbocycles. The van der Waals surface area contributed by atoms with E-state index in [1.807, 2.05) is 30.0 Å². The molecule has 46 heavy (non-hydrogen) atoms. The number of hydrogen-bond acceptors (Lipinski definition) is 9. The molecule has 12 nitrogen and oxygen atoms in total. The second-order valence-electron chi connectivity index (χ2n) is 11.8. The molecule has 234 valence electrons. The number of fused-ring (bicyclic) bond motifs is 1. The summed E-state index contributed by atoms with van der Waals surface area (Å²) in [6.45, 7) is 5.41. The lowest BCUT2D eigenvalue weighted by Crippen LogP contribution is -2.56. The highest BCUT2D eigenvalue weighted by Crippen LogP contribution is 2.29. The number of rotatable bonds is 7. The Bertz CT molecular complexity index is 1850. The van der Waals surface area contributed by atoms with Crippen LogP contribution in [0.5, 0.6) is 0 Å². The van der Waals surface area contributed by atoms with Crippen LogP contribution in [0.15, 0.2) is 73.3 Å². The molecule has 2 atom stereocenters. The lowest BCUT2D eigenvalue weighted by atomic mass is 10.1. The smallest absolute Gasteiger partial charge is 0.237 e. The standard InChI is InChI=1S/C33H33FN10O2/c1-21-18-43(29-17-37-28(16-38-29)32-35-10-2-11-36-32)13-14-44(21)30(45)20-42-12-9-23(19-42)33(46)39-25-7-8-27-26(15-25)31(41-40-27)22-3-5-24(34)6-4-22/h2-8,10-11,15-17,21,23H,9,12-14,18-20H2,1H3,(H,39,46)(H,40,41)/t21-,23-/m1/s1. The highest BCUT2D eigenvalue weighted by molar-refractivity contribution is 5.99. The number of piperazine rings is 1. The zero-order valence-corrected chi connectivity index (χ0v) is 25.3. The van der Waals surface area contributed by atoms with E-state index in [9.17, 15) is 14.0 Å². The highest BCUT2D eigenvalue weighted by atomic mass is 19.1. The van der Waals surface area contributed by atoms with E-state index < -0.39 is 0 Å². The van der Waals surface area contributed by atoms with Gasteiger partial charge in [-0.1, -0.05) is 0 Å². The molecule has 2 aliphatic rings. The second-order valence-corrected chi connectivity index (χ2v) is 11.8. The Labute approximate surface area is 264 Å². The lowest BCUT2D eigenvalue weighted by molar-refractivity contribution is -0.134. The maximum Gasteiger partial charge on any atom is 0.237 e. The van der Waals surface area contributed by atoms with Crippen molar-refractivity contribution in [1.82, 2.24) is 39.9 Å². The van der Waals surface area contributed by atoms with Crippen LogP contribution in [-0.4, -0.2) is 97.1 Å². The van der Waals surface area contributed by atoms with Crippen molar-refractivity contribution in [2.45, 2.75) is 19.4 Å². The number of carbonyl (C=O) groups excluding carboxylic acids is 2. The van der Waals surface area contributed by atoms with Crippen molar-refractivity contribution < 1.29 is 14.0 Å². The third kappa shape index (κ3) is 6.13. The van der Waals surface area contributed by atoms with Gasteiger partial charge in [0.25, 0.3) is 0 Å². The molecular weight excluding hydrogens is 587 g/mol. The number of halogens is 1. The third-order valence-corrected chi connectivity index (χ3v) is 8.65. The van der Waals surface area contributed by atoms with Gasteiger partial charge in [-0.05, 0) is 68.4 Å². The molecule has 2 aromatic carbocycles. The number of anilines is 2. The summed E-state index contributed by atoms with van der Waals surface area (Å²) in [5.41, 5.74) is 3.57. The zero-order chi connectivity index (χ0) is 31.6. The normalized spacial score (nSPS) is 18.7. The number of amides is 2. The Morgan fingerprint density at radius 2 is 1.80 bits per heavy atom. The number of aromatic amines is 1. The minimum atomic E-state index is -0.311. The fraction of sp³-hybridized carbons (Fsp3) is 0.303. The number of likely N-dealkylation sites (tertiary alicyclic amines) is 1. The van der Waals surface area contributed by atoms with Gasteiger partial charge in [0, 0.05) is 61.3 Å². The SMILES string of the molecule is C[C@@H]1CN(c2cnc(-c3ncccn3)cn2)CCN1C(=O)CN1CC[C@@H](C(=O)Nc2ccc3[nH]nc(-c4ccc(F)cc4)c3c2)C1. The summed E-state index contributed by atoms with van der Waals surface area (Å²) in [6, 6.07) is 13.5. The van der Waals surface area contributed by atoms with Crippen LogP contribution in [0.1, 0.15) is 13.3 Å². The Hall–Kier alpha value is -5.30. The first kappa shape index (κ1) is 29.4. The van der Waals surface area contributed by atoms with E-state index in [1.54, 1.807) is 43.0 Å². The van der Waals surface area contributed by atoms with Crippen molar-refractivity contribution in [1.29, 1.82) is 0 Å². The fourth-order valence-corrected chi connectivity index (χ4v) is 6.20. The minimum Gasteiger partial charge on any atom is -0.352 e. The van der Waals surface area contributed by atoms with E-state index >= 15 is 0 Å². The van der Waals surface area contributed by atoms with Gasteiger partial charge in [0.05, 0.1) is 36.1 Å². The van der Waals surface area contributed by atoms with Crippen LogP contribution in [0.3, 0.4) is 0 Å². The summed E-state index contributed by atoms with van der Waals surface area (Å²) >= 11 is 0. The summed E-state index contributed by atoms with van der Waals surface area (Å²) < 4.78 is 13.4. The van der Waals surface area contributed by atoms with E-state index in [4.69, 9.17) is 0 Å². The number of nitrogens with zero attached hydrogens (tertiary/aromatic N) is 8. The average molecular weight is 621 g/mol. The van der Waals surface area contributed by atoms with Gasteiger partial charge in [-0.15, -0.1) is 0 Å². The fourth-order valence-electron chi connectivity index (χ4n) is 6.20. The van der Waals surface area contributed by atoms with Crippen LogP contribution in [0.4, 0.5) is 15.9 Å². The van der Waals surface area contributed by atoms with Crippen molar-refractivity contribution in [3.8, 4) is 22.8 Å². The monoisotopic (exact) mass is 620 g/mol. The summed E-state index contributed by atoms with van der Waals surface area (Å²) in [5, 5.41) is 11.3. The predicted molar refractivity (Wildman–Crippen MR) is 171 cm³/mol. The first-order valence-electron chi connectivity index (χ1n) is 15.3. The molecule has 5 heterocycles. The molecule has 0 aliphatic carbocycles. The van der Waals surface area contributed by atoms with Crippen LogP contribution in [0, 0.1) is 11.7 Å². The Kier molecular flexibility index (Phi) is 8.06.